The van der Waals surface area contributed by atoms with Gasteiger partial charge in [-0.25, -0.2) is 18.7 Å². The molecule has 0 fully saturated rings. The van der Waals surface area contributed by atoms with E-state index in [9.17, 15) is 8.78 Å². The van der Waals surface area contributed by atoms with E-state index < -0.39 is 11.6 Å². The van der Waals surface area contributed by atoms with Crippen molar-refractivity contribution < 1.29 is 8.78 Å². The topological polar surface area (TPSA) is 25.8 Å². The van der Waals surface area contributed by atoms with Crippen molar-refractivity contribution in [3.63, 3.8) is 0 Å². The summed E-state index contributed by atoms with van der Waals surface area (Å²) in [4.78, 5) is 8.35. The van der Waals surface area contributed by atoms with Crippen molar-refractivity contribution in [3.8, 4) is 11.4 Å². The number of hydrogen-bond acceptors (Lipinski definition) is 2. The number of rotatable bonds is 1. The van der Waals surface area contributed by atoms with E-state index in [1.54, 1.807) is 6.07 Å². The Labute approximate surface area is 115 Å². The average molecular weight is 283 g/mol. The third-order valence-electron chi connectivity index (χ3n) is 2.58. The first-order chi connectivity index (χ1) is 8.75. The Hall–Kier alpha value is -1.55. The smallest absolute Gasteiger partial charge is 0.161 e. The maximum Gasteiger partial charge on any atom is 0.161 e. The molecule has 5 heteroatoms. The van der Waals surface area contributed by atoms with Crippen LogP contribution in [0.5, 0.6) is 0 Å². The van der Waals surface area contributed by atoms with Crippen LogP contribution in [0.25, 0.3) is 11.4 Å². The van der Waals surface area contributed by atoms with Crippen LogP contribution >= 0.6 is 11.6 Å². The second kappa shape index (κ2) is 4.85. The molecule has 1 heterocycles. The fourth-order valence-corrected chi connectivity index (χ4v) is 1.80. The van der Waals surface area contributed by atoms with Crippen LogP contribution in [-0.4, -0.2) is 9.97 Å². The molecule has 0 bridgehead atoms. The molecule has 0 aliphatic rings. The highest BCUT2D eigenvalue weighted by Crippen LogP contribution is 2.26. The van der Waals surface area contributed by atoms with E-state index in [4.69, 9.17) is 11.6 Å². The fraction of sp³-hybridized carbons (Fsp3) is 0.286. The molecular formula is C14H13ClF2N2. The highest BCUT2D eigenvalue weighted by Gasteiger charge is 2.18. The summed E-state index contributed by atoms with van der Waals surface area (Å²) in [6.45, 7) is 5.92. The molecule has 2 aromatic rings. The SMILES string of the molecule is CC(C)(C)c1cc(Cl)nc(-c2cc(F)cc(F)c2)n1. The van der Waals surface area contributed by atoms with Crippen molar-refractivity contribution in [2.24, 2.45) is 0 Å². The predicted molar refractivity (Wildman–Crippen MR) is 71.1 cm³/mol. The Balaban J connectivity index is 2.59. The fourth-order valence-electron chi connectivity index (χ4n) is 1.61. The molecule has 1 aromatic carbocycles. The molecule has 0 amide bonds. The van der Waals surface area contributed by atoms with Gasteiger partial charge in [-0.3, -0.25) is 0 Å². The molecule has 19 heavy (non-hydrogen) atoms. The lowest BCUT2D eigenvalue weighted by Crippen LogP contribution is -2.14. The van der Waals surface area contributed by atoms with Gasteiger partial charge < -0.3 is 0 Å². The van der Waals surface area contributed by atoms with E-state index in [0.29, 0.717) is 5.69 Å². The molecule has 0 radical (unpaired) electrons. The summed E-state index contributed by atoms with van der Waals surface area (Å²) in [5, 5.41) is 0.250. The summed E-state index contributed by atoms with van der Waals surface area (Å²) in [6.07, 6.45) is 0. The van der Waals surface area contributed by atoms with E-state index >= 15 is 0 Å². The molecule has 0 spiro atoms. The van der Waals surface area contributed by atoms with Gasteiger partial charge in [-0.2, -0.15) is 0 Å². The van der Waals surface area contributed by atoms with Crippen molar-refractivity contribution in [1.82, 2.24) is 9.97 Å². The van der Waals surface area contributed by atoms with Gasteiger partial charge in [0.1, 0.15) is 16.8 Å². The first kappa shape index (κ1) is 13.9. The van der Waals surface area contributed by atoms with Gasteiger partial charge in [0.05, 0.1) is 5.69 Å². The molecule has 0 aliphatic heterocycles. The van der Waals surface area contributed by atoms with Crippen molar-refractivity contribution in [2.45, 2.75) is 26.2 Å². The summed E-state index contributed by atoms with van der Waals surface area (Å²) in [6, 6.07) is 4.82. The molecule has 0 saturated heterocycles. The third-order valence-corrected chi connectivity index (χ3v) is 2.78. The lowest BCUT2D eigenvalue weighted by Gasteiger charge is -2.18. The number of nitrogens with zero attached hydrogens (tertiary/aromatic N) is 2. The highest BCUT2D eigenvalue weighted by atomic mass is 35.5. The molecule has 1 aromatic heterocycles. The number of hydrogen-bond donors (Lipinski definition) is 0. The van der Waals surface area contributed by atoms with Crippen LogP contribution in [0.15, 0.2) is 24.3 Å². The summed E-state index contributed by atoms with van der Waals surface area (Å²) >= 11 is 5.95. The second-order valence-electron chi connectivity index (χ2n) is 5.31. The molecule has 0 unspecified atom stereocenters. The van der Waals surface area contributed by atoms with Gasteiger partial charge >= 0.3 is 0 Å². The average Bonchev–Trinajstić information content (AvgIpc) is 2.25. The lowest BCUT2D eigenvalue weighted by molar-refractivity contribution is 0.567. The molecule has 0 atom stereocenters. The summed E-state index contributed by atoms with van der Waals surface area (Å²) in [5.41, 5.74) is 0.755. The zero-order valence-electron chi connectivity index (χ0n) is 10.8. The standard InChI is InChI=1S/C14H13ClF2N2/c1-14(2,3)11-7-12(15)19-13(18-11)8-4-9(16)6-10(17)5-8/h4-7H,1-3H3. The van der Waals surface area contributed by atoms with Crippen molar-refractivity contribution in [2.75, 3.05) is 0 Å². The molecule has 0 N–H and O–H groups in total. The van der Waals surface area contributed by atoms with Crippen molar-refractivity contribution in [3.05, 3.63) is 46.7 Å². The van der Waals surface area contributed by atoms with Crippen molar-refractivity contribution >= 4 is 11.6 Å². The Morgan fingerprint density at radius 1 is 0.947 bits per heavy atom. The minimum absolute atomic E-state index is 0.218. The lowest BCUT2D eigenvalue weighted by atomic mass is 9.92. The number of aromatic nitrogens is 2. The van der Waals surface area contributed by atoms with Gasteiger partial charge in [0.25, 0.3) is 0 Å². The van der Waals surface area contributed by atoms with Gasteiger partial charge in [0, 0.05) is 17.0 Å². The van der Waals surface area contributed by atoms with Gasteiger partial charge in [-0.15, -0.1) is 0 Å². The molecule has 0 aliphatic carbocycles. The van der Waals surface area contributed by atoms with Crippen LogP contribution in [0.4, 0.5) is 8.78 Å². The van der Waals surface area contributed by atoms with Crippen LogP contribution in [0.2, 0.25) is 5.15 Å². The summed E-state index contributed by atoms with van der Waals surface area (Å²) in [7, 11) is 0. The Bertz CT molecular complexity index is 601. The van der Waals surface area contributed by atoms with Crippen LogP contribution in [0.1, 0.15) is 26.5 Å². The monoisotopic (exact) mass is 282 g/mol. The first-order valence-corrected chi connectivity index (χ1v) is 6.15. The quantitative estimate of drug-likeness (QED) is 0.726. The zero-order valence-corrected chi connectivity index (χ0v) is 11.6. The number of halogens is 3. The van der Waals surface area contributed by atoms with Gasteiger partial charge in [-0.1, -0.05) is 32.4 Å². The minimum Gasteiger partial charge on any atom is -0.232 e. The molecule has 100 valence electrons. The molecule has 0 saturated carbocycles. The van der Waals surface area contributed by atoms with E-state index in [-0.39, 0.29) is 22.0 Å². The molecule has 2 rings (SSSR count). The van der Waals surface area contributed by atoms with E-state index in [2.05, 4.69) is 9.97 Å². The van der Waals surface area contributed by atoms with Crippen LogP contribution < -0.4 is 0 Å². The Morgan fingerprint density at radius 2 is 1.53 bits per heavy atom. The third kappa shape index (κ3) is 3.26. The van der Waals surface area contributed by atoms with E-state index in [1.165, 1.54) is 12.1 Å². The highest BCUT2D eigenvalue weighted by molar-refractivity contribution is 6.29. The largest absolute Gasteiger partial charge is 0.232 e. The normalized spacial score (nSPS) is 11.7. The van der Waals surface area contributed by atoms with Gasteiger partial charge in [0.15, 0.2) is 5.82 Å². The predicted octanol–water partition coefficient (Wildman–Crippen LogP) is 4.37. The first-order valence-electron chi connectivity index (χ1n) is 5.77. The molecule has 2 nitrogen and oxygen atoms in total. The van der Waals surface area contributed by atoms with Crippen LogP contribution in [0, 0.1) is 11.6 Å². The van der Waals surface area contributed by atoms with Gasteiger partial charge in [0.2, 0.25) is 0 Å². The maximum absolute atomic E-state index is 13.2. The number of benzene rings is 1. The summed E-state index contributed by atoms with van der Waals surface area (Å²) < 4.78 is 26.4. The maximum atomic E-state index is 13.2. The van der Waals surface area contributed by atoms with E-state index in [0.717, 1.165) is 6.07 Å². The minimum atomic E-state index is -0.670. The Kier molecular flexibility index (Phi) is 3.54. The molecular weight excluding hydrogens is 270 g/mol. The Morgan fingerprint density at radius 3 is 2.05 bits per heavy atom. The van der Waals surface area contributed by atoms with Gasteiger partial charge in [-0.05, 0) is 18.2 Å². The van der Waals surface area contributed by atoms with E-state index in [1.807, 2.05) is 20.8 Å². The van der Waals surface area contributed by atoms with Crippen LogP contribution in [-0.2, 0) is 5.41 Å². The summed E-state index contributed by atoms with van der Waals surface area (Å²) in [5.74, 6) is -1.12. The van der Waals surface area contributed by atoms with Crippen LogP contribution in [0.3, 0.4) is 0 Å². The second-order valence-corrected chi connectivity index (χ2v) is 5.69. The zero-order chi connectivity index (χ0) is 14.2. The van der Waals surface area contributed by atoms with Crippen molar-refractivity contribution in [1.29, 1.82) is 0 Å².